The van der Waals surface area contributed by atoms with Crippen LogP contribution in [0.3, 0.4) is 0 Å². The summed E-state index contributed by atoms with van der Waals surface area (Å²) in [5.74, 6) is -0.655. The molecule has 1 aliphatic heterocycles. The quantitative estimate of drug-likeness (QED) is 0.461. The minimum absolute atomic E-state index is 0.316. The summed E-state index contributed by atoms with van der Waals surface area (Å²) < 4.78 is 11.1. The number of nitrogens with zero attached hydrogens (tertiary/aromatic N) is 1. The average Bonchev–Trinajstić information content (AvgIpc) is 2.65. The lowest BCUT2D eigenvalue weighted by Gasteiger charge is -2.46. The van der Waals surface area contributed by atoms with Gasteiger partial charge in [-0.05, 0) is 31.5 Å². The van der Waals surface area contributed by atoms with Gasteiger partial charge < -0.3 is 9.47 Å². The third-order valence-electron chi connectivity index (χ3n) is 4.17. The number of imide groups is 1. The Hall–Kier alpha value is -2.50. The lowest BCUT2D eigenvalue weighted by molar-refractivity contribution is -0.209. The predicted molar refractivity (Wildman–Crippen MR) is 92.8 cm³/mol. The molecule has 0 unspecified atom stereocenters. The van der Waals surface area contributed by atoms with E-state index in [4.69, 9.17) is 9.47 Å². The fourth-order valence-electron chi connectivity index (χ4n) is 3.00. The van der Waals surface area contributed by atoms with E-state index in [-0.39, 0.29) is 11.8 Å². The molecular formula is C20H21NO4. The molecule has 1 heterocycles. The molecule has 0 radical (unpaired) electrons. The Labute approximate surface area is 147 Å². The van der Waals surface area contributed by atoms with E-state index in [1.807, 2.05) is 43.3 Å². The minimum Gasteiger partial charge on any atom is -0.353 e. The molecule has 0 saturated carbocycles. The molecule has 0 N–H and O–H groups in total. The normalized spacial score (nSPS) is 20.9. The number of carbonyl (C=O) groups is 2. The van der Waals surface area contributed by atoms with Gasteiger partial charge in [0.15, 0.2) is 12.4 Å². The lowest BCUT2D eigenvalue weighted by Crippen LogP contribution is -2.62. The molecule has 1 saturated heterocycles. The third kappa shape index (κ3) is 3.48. The molecule has 130 valence electrons. The van der Waals surface area contributed by atoms with Gasteiger partial charge in [-0.2, -0.15) is 0 Å². The van der Waals surface area contributed by atoms with Crippen LogP contribution in [0.2, 0.25) is 0 Å². The van der Waals surface area contributed by atoms with Gasteiger partial charge in [0.05, 0.1) is 0 Å². The number of likely N-dealkylation sites (tertiary alicyclic amines) is 1. The molecule has 2 amide bonds. The first-order valence-electron chi connectivity index (χ1n) is 8.38. The number of hydrogen-bond acceptors (Lipinski definition) is 4. The van der Waals surface area contributed by atoms with Crippen molar-refractivity contribution in [1.82, 2.24) is 4.90 Å². The molecule has 2 aromatic carbocycles. The highest BCUT2D eigenvalue weighted by Crippen LogP contribution is 2.38. The smallest absolute Gasteiger partial charge is 0.261 e. The van der Waals surface area contributed by atoms with Crippen molar-refractivity contribution in [1.29, 1.82) is 0 Å². The Morgan fingerprint density at radius 1 is 1.08 bits per heavy atom. The van der Waals surface area contributed by atoms with Crippen LogP contribution in [0.25, 0.3) is 0 Å². The highest BCUT2D eigenvalue weighted by atomic mass is 16.7. The van der Waals surface area contributed by atoms with Gasteiger partial charge in [0, 0.05) is 12.2 Å². The van der Waals surface area contributed by atoms with E-state index in [9.17, 15) is 9.59 Å². The highest BCUT2D eigenvalue weighted by molar-refractivity contribution is 6.10. The average molecular weight is 339 g/mol. The molecule has 0 bridgehead atoms. The van der Waals surface area contributed by atoms with Crippen molar-refractivity contribution in [2.45, 2.75) is 32.3 Å². The van der Waals surface area contributed by atoms with Gasteiger partial charge >= 0.3 is 0 Å². The van der Waals surface area contributed by atoms with Gasteiger partial charge in [-0.1, -0.05) is 48.5 Å². The molecule has 1 aliphatic rings. The van der Waals surface area contributed by atoms with Crippen molar-refractivity contribution >= 4 is 11.8 Å². The van der Waals surface area contributed by atoms with Crippen molar-refractivity contribution in [2.24, 2.45) is 0 Å². The van der Waals surface area contributed by atoms with Crippen LogP contribution in [0.1, 0.15) is 35.8 Å². The van der Waals surface area contributed by atoms with Gasteiger partial charge in [-0.3, -0.25) is 14.5 Å². The van der Waals surface area contributed by atoms with Gasteiger partial charge in [-0.25, -0.2) is 0 Å². The number of hydrogen-bond donors (Lipinski definition) is 0. The largest absolute Gasteiger partial charge is 0.353 e. The molecule has 3 atom stereocenters. The second-order valence-corrected chi connectivity index (χ2v) is 5.81. The number of amides is 2. The van der Waals surface area contributed by atoms with E-state index in [0.29, 0.717) is 12.2 Å². The maximum Gasteiger partial charge on any atom is 0.261 e. The molecule has 0 aromatic heterocycles. The zero-order chi connectivity index (χ0) is 17.8. The first kappa shape index (κ1) is 17.3. The van der Waals surface area contributed by atoms with E-state index < -0.39 is 18.4 Å². The van der Waals surface area contributed by atoms with Gasteiger partial charge in [0.2, 0.25) is 0 Å². The molecule has 0 spiro atoms. The topological polar surface area (TPSA) is 55.8 Å². The zero-order valence-electron chi connectivity index (χ0n) is 14.3. The van der Waals surface area contributed by atoms with Gasteiger partial charge in [0.25, 0.3) is 11.8 Å². The van der Waals surface area contributed by atoms with Crippen molar-refractivity contribution in [3.8, 4) is 0 Å². The Balaban J connectivity index is 1.87. The molecule has 5 nitrogen and oxygen atoms in total. The molecular weight excluding hydrogens is 318 g/mol. The number of β-lactam (4-membered cyclic amide) rings is 1. The Morgan fingerprint density at radius 2 is 1.68 bits per heavy atom. The fourth-order valence-corrected chi connectivity index (χ4v) is 3.00. The summed E-state index contributed by atoms with van der Waals surface area (Å²) in [6.45, 7) is 4.10. The van der Waals surface area contributed by atoms with Crippen LogP contribution in [-0.2, 0) is 14.3 Å². The first-order valence-corrected chi connectivity index (χ1v) is 8.38. The number of carbonyl (C=O) groups excluding carboxylic acids is 2. The maximum atomic E-state index is 12.8. The summed E-state index contributed by atoms with van der Waals surface area (Å²) in [4.78, 5) is 26.7. The lowest BCUT2D eigenvalue weighted by atomic mass is 9.89. The second kappa shape index (κ2) is 7.59. The molecule has 2 aromatic rings. The second-order valence-electron chi connectivity index (χ2n) is 5.81. The van der Waals surface area contributed by atoms with Crippen LogP contribution in [0.5, 0.6) is 0 Å². The zero-order valence-corrected chi connectivity index (χ0v) is 14.3. The summed E-state index contributed by atoms with van der Waals surface area (Å²) in [6, 6.07) is 17.8. The van der Waals surface area contributed by atoms with Crippen LogP contribution in [-0.4, -0.2) is 35.7 Å². The number of benzene rings is 2. The number of ether oxygens (including phenoxy) is 2. The van der Waals surface area contributed by atoms with E-state index in [0.717, 1.165) is 5.56 Å². The monoisotopic (exact) mass is 339 g/mol. The molecule has 5 heteroatoms. The van der Waals surface area contributed by atoms with Crippen LogP contribution < -0.4 is 0 Å². The Morgan fingerprint density at radius 3 is 2.28 bits per heavy atom. The van der Waals surface area contributed by atoms with Gasteiger partial charge in [0.1, 0.15) is 6.04 Å². The first-order chi connectivity index (χ1) is 12.1. The standard InChI is InChI=1S/C20H21NO4/c1-3-24-14(2)25-18-17(15-10-6-4-7-11-15)21(20(18)23)19(22)16-12-8-5-9-13-16/h4-14,17-18H,3H2,1-2H3/t14-,17-,18-/m1/s1. The van der Waals surface area contributed by atoms with Crippen LogP contribution in [0.4, 0.5) is 0 Å². The summed E-state index contributed by atoms with van der Waals surface area (Å²) >= 11 is 0. The van der Waals surface area contributed by atoms with Crippen molar-refractivity contribution in [2.75, 3.05) is 6.61 Å². The summed E-state index contributed by atoms with van der Waals surface area (Å²) in [5.41, 5.74) is 1.34. The maximum absolute atomic E-state index is 12.8. The fraction of sp³-hybridized carbons (Fsp3) is 0.300. The highest BCUT2D eigenvalue weighted by Gasteiger charge is 2.53. The minimum atomic E-state index is -0.725. The van der Waals surface area contributed by atoms with Crippen LogP contribution in [0.15, 0.2) is 60.7 Å². The van der Waals surface area contributed by atoms with Crippen molar-refractivity contribution in [3.05, 3.63) is 71.8 Å². The van der Waals surface area contributed by atoms with Crippen LogP contribution >= 0.6 is 0 Å². The van der Waals surface area contributed by atoms with Crippen molar-refractivity contribution < 1.29 is 19.1 Å². The predicted octanol–water partition coefficient (Wildman–Crippen LogP) is 3.18. The molecule has 25 heavy (non-hydrogen) atoms. The summed E-state index contributed by atoms with van der Waals surface area (Å²) in [5, 5.41) is 0. The van der Waals surface area contributed by atoms with Gasteiger partial charge in [-0.15, -0.1) is 0 Å². The summed E-state index contributed by atoms with van der Waals surface area (Å²) in [6.07, 6.45) is -1.24. The van der Waals surface area contributed by atoms with E-state index >= 15 is 0 Å². The summed E-state index contributed by atoms with van der Waals surface area (Å²) in [7, 11) is 0. The Kier molecular flexibility index (Phi) is 5.26. The molecule has 1 fully saturated rings. The van der Waals surface area contributed by atoms with E-state index in [1.54, 1.807) is 31.2 Å². The Bertz CT molecular complexity index is 732. The number of rotatable bonds is 6. The molecule has 0 aliphatic carbocycles. The molecule has 3 rings (SSSR count). The van der Waals surface area contributed by atoms with E-state index in [1.165, 1.54) is 4.90 Å². The SMILES string of the molecule is CCO[C@@H](C)O[C@H]1C(=O)N(C(=O)c2ccccc2)[C@@H]1c1ccccc1. The van der Waals surface area contributed by atoms with Crippen LogP contribution in [0, 0.1) is 0 Å². The van der Waals surface area contributed by atoms with Crippen molar-refractivity contribution in [3.63, 3.8) is 0 Å². The van der Waals surface area contributed by atoms with E-state index in [2.05, 4.69) is 0 Å². The third-order valence-corrected chi connectivity index (χ3v) is 4.17.